The lowest BCUT2D eigenvalue weighted by atomic mass is 10.2. The normalized spacial score (nSPS) is 10.7. The Labute approximate surface area is 149 Å². The first-order chi connectivity index (χ1) is 11.5. The smallest absolute Gasteiger partial charge is 0.267 e. The summed E-state index contributed by atoms with van der Waals surface area (Å²) in [6, 6.07) is 14.7. The molecule has 0 aliphatic heterocycles. The number of ether oxygens (including phenoxy) is 1. The molecule has 2 aromatic carbocycles. The molecule has 2 aromatic rings. The van der Waals surface area contributed by atoms with Crippen molar-refractivity contribution >= 4 is 33.2 Å². The first-order valence-electron chi connectivity index (χ1n) is 7.12. The second kappa shape index (κ2) is 8.18. The quantitative estimate of drug-likeness (QED) is 0.596. The van der Waals surface area contributed by atoms with Crippen molar-refractivity contribution in [3.05, 3.63) is 64.3 Å². The van der Waals surface area contributed by atoms with Crippen molar-refractivity contribution in [1.29, 1.82) is 5.26 Å². The Balaban J connectivity index is 2.14. The van der Waals surface area contributed by atoms with E-state index in [1.54, 1.807) is 12.1 Å². The van der Waals surface area contributed by atoms with E-state index in [1.807, 2.05) is 43.3 Å². The summed E-state index contributed by atoms with van der Waals surface area (Å²) in [6.07, 6.45) is 1.38. The Hall–Kier alpha value is -2.78. The number of rotatable bonds is 5. The summed E-state index contributed by atoms with van der Waals surface area (Å²) in [6.45, 7) is 1.91. The minimum Gasteiger partial charge on any atom is -0.495 e. The summed E-state index contributed by atoms with van der Waals surface area (Å²) in [5.74, 6) is 0.0260. The van der Waals surface area contributed by atoms with Gasteiger partial charge in [-0.3, -0.25) is 4.79 Å². The summed E-state index contributed by atoms with van der Waals surface area (Å²) >= 11 is 3.35. The van der Waals surface area contributed by atoms with Gasteiger partial charge in [-0.1, -0.05) is 22.0 Å². The zero-order valence-electron chi connectivity index (χ0n) is 13.3. The third kappa shape index (κ3) is 4.61. The van der Waals surface area contributed by atoms with Gasteiger partial charge in [0.25, 0.3) is 5.91 Å². The summed E-state index contributed by atoms with van der Waals surface area (Å²) < 4.78 is 6.16. The molecule has 0 saturated heterocycles. The van der Waals surface area contributed by atoms with Gasteiger partial charge >= 0.3 is 0 Å². The number of nitriles is 1. The number of benzene rings is 2. The molecule has 1 amide bonds. The monoisotopic (exact) mass is 385 g/mol. The van der Waals surface area contributed by atoms with Crippen LogP contribution in [0.15, 0.2) is 58.7 Å². The number of hydrogen-bond acceptors (Lipinski definition) is 4. The zero-order chi connectivity index (χ0) is 17.5. The van der Waals surface area contributed by atoms with Gasteiger partial charge in [-0.25, -0.2) is 0 Å². The van der Waals surface area contributed by atoms with E-state index in [2.05, 4.69) is 26.6 Å². The van der Waals surface area contributed by atoms with Gasteiger partial charge in [-0.15, -0.1) is 0 Å². The number of anilines is 2. The fourth-order valence-corrected chi connectivity index (χ4v) is 2.22. The highest BCUT2D eigenvalue weighted by molar-refractivity contribution is 9.10. The van der Waals surface area contributed by atoms with Crippen LogP contribution >= 0.6 is 15.9 Å². The summed E-state index contributed by atoms with van der Waals surface area (Å²) in [5.41, 5.74) is 2.22. The van der Waals surface area contributed by atoms with Crippen LogP contribution in [0.4, 0.5) is 11.4 Å². The number of amides is 1. The van der Waals surface area contributed by atoms with Crippen LogP contribution in [0.5, 0.6) is 5.75 Å². The maximum atomic E-state index is 12.3. The second-order valence-corrected chi connectivity index (χ2v) is 5.89. The lowest BCUT2D eigenvalue weighted by Gasteiger charge is -2.10. The molecule has 24 heavy (non-hydrogen) atoms. The predicted octanol–water partition coefficient (Wildman–Crippen LogP) is 4.22. The Morgan fingerprint density at radius 3 is 2.58 bits per heavy atom. The van der Waals surface area contributed by atoms with Gasteiger partial charge in [-0.05, 0) is 48.9 Å². The molecule has 5 nitrogen and oxygen atoms in total. The largest absolute Gasteiger partial charge is 0.495 e. The third-order valence-electron chi connectivity index (χ3n) is 3.20. The van der Waals surface area contributed by atoms with Crippen molar-refractivity contribution in [2.75, 3.05) is 17.7 Å². The van der Waals surface area contributed by atoms with Crippen molar-refractivity contribution in [1.82, 2.24) is 0 Å². The molecule has 0 aliphatic rings. The van der Waals surface area contributed by atoms with Gasteiger partial charge < -0.3 is 15.4 Å². The first kappa shape index (κ1) is 17.6. The first-order valence-corrected chi connectivity index (χ1v) is 7.91. The average molecular weight is 386 g/mol. The fourth-order valence-electron chi connectivity index (χ4n) is 1.96. The van der Waals surface area contributed by atoms with E-state index in [0.29, 0.717) is 11.4 Å². The molecule has 0 bridgehead atoms. The molecule has 0 aromatic heterocycles. The molecule has 0 fully saturated rings. The summed E-state index contributed by atoms with van der Waals surface area (Å²) in [7, 11) is 1.52. The van der Waals surface area contributed by atoms with Crippen LogP contribution in [0.25, 0.3) is 0 Å². The van der Waals surface area contributed by atoms with Crippen LogP contribution in [0.2, 0.25) is 0 Å². The predicted molar refractivity (Wildman–Crippen MR) is 97.8 cm³/mol. The molecule has 0 saturated carbocycles. The van der Waals surface area contributed by atoms with Gasteiger partial charge in [0, 0.05) is 16.4 Å². The highest BCUT2D eigenvalue weighted by Crippen LogP contribution is 2.25. The number of nitrogens with one attached hydrogen (secondary N) is 2. The lowest BCUT2D eigenvalue weighted by molar-refractivity contribution is -0.112. The Morgan fingerprint density at radius 2 is 1.96 bits per heavy atom. The number of aryl methyl sites for hydroxylation is 1. The highest BCUT2D eigenvalue weighted by atomic mass is 79.9. The van der Waals surface area contributed by atoms with Crippen LogP contribution < -0.4 is 15.4 Å². The lowest BCUT2D eigenvalue weighted by Crippen LogP contribution is -2.15. The number of carbonyl (C=O) groups is 1. The molecule has 6 heteroatoms. The molecular weight excluding hydrogens is 370 g/mol. The maximum Gasteiger partial charge on any atom is 0.267 e. The fraction of sp³-hybridized carbons (Fsp3) is 0.111. The van der Waals surface area contributed by atoms with Gasteiger partial charge in [0.05, 0.1) is 12.8 Å². The van der Waals surface area contributed by atoms with Crippen LogP contribution in [0, 0.1) is 18.3 Å². The maximum absolute atomic E-state index is 12.3. The topological polar surface area (TPSA) is 74.1 Å². The van der Waals surface area contributed by atoms with Gasteiger partial charge in [-0.2, -0.15) is 5.26 Å². The van der Waals surface area contributed by atoms with Gasteiger partial charge in [0.1, 0.15) is 17.4 Å². The number of halogens is 1. The van der Waals surface area contributed by atoms with Gasteiger partial charge in [0.15, 0.2) is 0 Å². The highest BCUT2D eigenvalue weighted by Gasteiger charge is 2.12. The number of nitrogens with zero attached hydrogens (tertiary/aromatic N) is 1. The summed E-state index contributed by atoms with van der Waals surface area (Å²) in [5, 5.41) is 14.8. The molecule has 0 unspecified atom stereocenters. The molecule has 2 N–H and O–H groups in total. The molecule has 0 heterocycles. The van der Waals surface area contributed by atoms with Crippen molar-refractivity contribution in [2.24, 2.45) is 0 Å². The van der Waals surface area contributed by atoms with E-state index in [0.717, 1.165) is 15.7 Å². The van der Waals surface area contributed by atoms with Crippen LogP contribution in [-0.4, -0.2) is 13.0 Å². The van der Waals surface area contributed by atoms with Crippen LogP contribution in [0.1, 0.15) is 5.56 Å². The van der Waals surface area contributed by atoms with Crippen LogP contribution in [-0.2, 0) is 4.79 Å². The molecule has 0 spiro atoms. The van der Waals surface area contributed by atoms with E-state index in [4.69, 9.17) is 4.74 Å². The molecule has 122 valence electrons. The van der Waals surface area contributed by atoms with E-state index in [9.17, 15) is 10.1 Å². The SMILES string of the molecule is COc1ccc(C)cc1NC(=O)/C(C#N)=C\Nc1ccc(Br)cc1. The van der Waals surface area contributed by atoms with E-state index in [1.165, 1.54) is 13.3 Å². The molecular formula is C18H16BrN3O2. The molecule has 0 atom stereocenters. The molecule has 2 rings (SSSR count). The van der Waals surface area contributed by atoms with E-state index < -0.39 is 5.91 Å². The van der Waals surface area contributed by atoms with Gasteiger partial charge in [0.2, 0.25) is 0 Å². The Morgan fingerprint density at radius 1 is 1.25 bits per heavy atom. The minimum atomic E-state index is -0.508. The van der Waals surface area contributed by atoms with Crippen LogP contribution in [0.3, 0.4) is 0 Å². The minimum absolute atomic E-state index is 0.0403. The molecule has 0 aliphatic carbocycles. The second-order valence-electron chi connectivity index (χ2n) is 4.98. The Bertz CT molecular complexity index is 808. The van der Waals surface area contributed by atoms with Crippen molar-refractivity contribution < 1.29 is 9.53 Å². The number of carbonyl (C=O) groups excluding carboxylic acids is 1. The van der Waals surface area contributed by atoms with E-state index in [-0.39, 0.29) is 5.57 Å². The standard InChI is InChI=1S/C18H16BrN3O2/c1-12-3-8-17(24-2)16(9-12)22-18(23)13(10-20)11-21-15-6-4-14(19)5-7-15/h3-9,11,21H,1-2H3,(H,22,23)/b13-11-. The van der Waals surface area contributed by atoms with Crippen molar-refractivity contribution in [3.8, 4) is 11.8 Å². The number of hydrogen-bond donors (Lipinski definition) is 2. The average Bonchev–Trinajstić information content (AvgIpc) is 2.57. The van der Waals surface area contributed by atoms with Crippen molar-refractivity contribution in [3.63, 3.8) is 0 Å². The zero-order valence-corrected chi connectivity index (χ0v) is 14.8. The number of methoxy groups -OCH3 is 1. The Kier molecular flexibility index (Phi) is 5.99. The molecule has 0 radical (unpaired) electrons. The summed E-state index contributed by atoms with van der Waals surface area (Å²) in [4.78, 5) is 12.3. The van der Waals surface area contributed by atoms with E-state index >= 15 is 0 Å². The van der Waals surface area contributed by atoms with Crippen molar-refractivity contribution in [2.45, 2.75) is 6.92 Å². The third-order valence-corrected chi connectivity index (χ3v) is 3.72.